The third kappa shape index (κ3) is 12.0. The molecule has 0 fully saturated rings. The van der Waals surface area contributed by atoms with E-state index in [-0.39, 0.29) is 5.91 Å². The van der Waals surface area contributed by atoms with Crippen LogP contribution in [0, 0.1) is 0 Å². The standard InChI is InChI=1S/C18H35NO4/c1-6-7-8-9-10-11-12-13-15(20)19-16(17(21)22)14(2)23-18(3,4)5/h14,16H,6-13H2,1-5H3,(H,19,20)(H,21,22). The van der Waals surface area contributed by atoms with Crippen LogP contribution >= 0.6 is 0 Å². The summed E-state index contributed by atoms with van der Waals surface area (Å²) in [6.07, 6.45) is 7.72. The van der Waals surface area contributed by atoms with Crippen molar-refractivity contribution in [2.24, 2.45) is 0 Å². The molecule has 2 atom stereocenters. The maximum Gasteiger partial charge on any atom is 0.328 e. The molecule has 0 aromatic carbocycles. The van der Waals surface area contributed by atoms with Crippen LogP contribution in [-0.4, -0.2) is 34.7 Å². The first-order valence-electron chi connectivity index (χ1n) is 8.87. The van der Waals surface area contributed by atoms with Gasteiger partial charge in [-0.2, -0.15) is 0 Å². The van der Waals surface area contributed by atoms with E-state index in [2.05, 4.69) is 12.2 Å². The number of rotatable bonds is 12. The number of aliphatic carboxylic acids is 1. The molecule has 0 aromatic rings. The predicted octanol–water partition coefficient (Wildman–Crippen LogP) is 3.90. The molecule has 0 heterocycles. The Kier molecular flexibility index (Phi) is 10.9. The fourth-order valence-electron chi connectivity index (χ4n) is 2.49. The zero-order chi connectivity index (χ0) is 17.9. The van der Waals surface area contributed by atoms with Gasteiger partial charge in [0, 0.05) is 6.42 Å². The topological polar surface area (TPSA) is 75.6 Å². The summed E-state index contributed by atoms with van der Waals surface area (Å²) in [6, 6.07) is -1.01. The molecule has 23 heavy (non-hydrogen) atoms. The van der Waals surface area contributed by atoms with Gasteiger partial charge >= 0.3 is 5.97 Å². The van der Waals surface area contributed by atoms with Gasteiger partial charge in [-0.1, -0.05) is 45.4 Å². The van der Waals surface area contributed by atoms with Crippen molar-refractivity contribution in [1.82, 2.24) is 5.32 Å². The van der Waals surface area contributed by atoms with Gasteiger partial charge in [0.05, 0.1) is 11.7 Å². The Labute approximate surface area is 141 Å². The van der Waals surface area contributed by atoms with E-state index < -0.39 is 23.7 Å². The predicted molar refractivity (Wildman–Crippen MR) is 92.5 cm³/mol. The van der Waals surface area contributed by atoms with E-state index in [0.29, 0.717) is 6.42 Å². The highest BCUT2D eigenvalue weighted by atomic mass is 16.5. The van der Waals surface area contributed by atoms with Gasteiger partial charge in [-0.05, 0) is 34.1 Å². The summed E-state index contributed by atoms with van der Waals surface area (Å²) >= 11 is 0. The van der Waals surface area contributed by atoms with Crippen LogP contribution in [0.1, 0.15) is 86.0 Å². The molecular formula is C18H35NO4. The zero-order valence-electron chi connectivity index (χ0n) is 15.5. The molecule has 0 aliphatic rings. The lowest BCUT2D eigenvalue weighted by Gasteiger charge is -2.29. The van der Waals surface area contributed by atoms with E-state index in [1.165, 1.54) is 25.7 Å². The molecule has 0 aromatic heterocycles. The minimum Gasteiger partial charge on any atom is -0.480 e. The molecular weight excluding hydrogens is 294 g/mol. The summed E-state index contributed by atoms with van der Waals surface area (Å²) in [6.45, 7) is 9.46. The van der Waals surface area contributed by atoms with Crippen molar-refractivity contribution in [3.8, 4) is 0 Å². The van der Waals surface area contributed by atoms with Crippen LogP contribution in [0.5, 0.6) is 0 Å². The fourth-order valence-corrected chi connectivity index (χ4v) is 2.49. The zero-order valence-corrected chi connectivity index (χ0v) is 15.5. The molecule has 0 spiro atoms. The number of hydrogen-bond acceptors (Lipinski definition) is 3. The number of unbranched alkanes of at least 4 members (excludes halogenated alkanes) is 6. The van der Waals surface area contributed by atoms with Gasteiger partial charge in [0.15, 0.2) is 6.04 Å². The number of carboxylic acids is 1. The molecule has 0 radical (unpaired) electrons. The number of carboxylic acid groups (broad SMARTS) is 1. The lowest BCUT2D eigenvalue weighted by atomic mass is 10.1. The van der Waals surface area contributed by atoms with Crippen molar-refractivity contribution in [3.05, 3.63) is 0 Å². The minimum absolute atomic E-state index is 0.213. The average molecular weight is 329 g/mol. The van der Waals surface area contributed by atoms with Gasteiger partial charge in [0.2, 0.25) is 5.91 Å². The van der Waals surface area contributed by atoms with Gasteiger partial charge in [0.25, 0.3) is 0 Å². The molecule has 0 bridgehead atoms. The highest BCUT2D eigenvalue weighted by Crippen LogP contribution is 2.14. The summed E-state index contributed by atoms with van der Waals surface area (Å²) in [5.41, 5.74) is -0.448. The van der Waals surface area contributed by atoms with Crippen LogP contribution in [0.2, 0.25) is 0 Å². The summed E-state index contributed by atoms with van der Waals surface area (Å²) in [4.78, 5) is 23.3. The molecule has 5 nitrogen and oxygen atoms in total. The molecule has 5 heteroatoms. The fraction of sp³-hybridized carbons (Fsp3) is 0.889. The maximum atomic E-state index is 11.9. The Morgan fingerprint density at radius 1 is 1.04 bits per heavy atom. The van der Waals surface area contributed by atoms with Crippen molar-refractivity contribution in [2.75, 3.05) is 0 Å². The summed E-state index contributed by atoms with van der Waals surface area (Å²) < 4.78 is 5.65. The number of nitrogens with one attached hydrogen (secondary N) is 1. The first-order chi connectivity index (χ1) is 10.7. The van der Waals surface area contributed by atoms with Gasteiger partial charge in [-0.15, -0.1) is 0 Å². The second-order valence-electron chi connectivity index (χ2n) is 7.19. The Bertz CT molecular complexity index is 349. The average Bonchev–Trinajstić information content (AvgIpc) is 2.41. The molecule has 2 N–H and O–H groups in total. The largest absolute Gasteiger partial charge is 0.480 e. The van der Waals surface area contributed by atoms with Crippen molar-refractivity contribution in [1.29, 1.82) is 0 Å². The number of ether oxygens (including phenoxy) is 1. The van der Waals surface area contributed by atoms with Crippen LogP contribution in [0.25, 0.3) is 0 Å². The smallest absolute Gasteiger partial charge is 0.328 e. The first kappa shape index (κ1) is 21.9. The second-order valence-corrected chi connectivity index (χ2v) is 7.19. The maximum absolute atomic E-state index is 11.9. The lowest BCUT2D eigenvalue weighted by Crippen LogP contribution is -2.50. The van der Waals surface area contributed by atoms with Gasteiger partial charge in [0.1, 0.15) is 0 Å². The number of hydrogen-bond donors (Lipinski definition) is 2. The monoisotopic (exact) mass is 329 g/mol. The summed E-state index contributed by atoms with van der Waals surface area (Å²) in [5.74, 6) is -1.27. The second kappa shape index (κ2) is 11.4. The number of carbonyl (C=O) groups is 2. The van der Waals surface area contributed by atoms with Gasteiger partial charge in [-0.3, -0.25) is 4.79 Å². The van der Waals surface area contributed by atoms with Gasteiger partial charge in [-0.25, -0.2) is 4.79 Å². The third-order valence-electron chi connectivity index (χ3n) is 3.60. The van der Waals surface area contributed by atoms with E-state index in [1.54, 1.807) is 6.92 Å². The van der Waals surface area contributed by atoms with Crippen LogP contribution in [0.4, 0.5) is 0 Å². The van der Waals surface area contributed by atoms with Crippen LogP contribution in [0.15, 0.2) is 0 Å². The first-order valence-corrected chi connectivity index (χ1v) is 8.87. The summed E-state index contributed by atoms with van der Waals surface area (Å²) in [7, 11) is 0. The van der Waals surface area contributed by atoms with Crippen molar-refractivity contribution < 1.29 is 19.4 Å². The normalized spacial score (nSPS) is 14.3. The minimum atomic E-state index is -1.06. The molecule has 0 rings (SSSR count). The SMILES string of the molecule is CCCCCCCCCC(=O)NC(C(=O)O)C(C)OC(C)(C)C. The Morgan fingerprint density at radius 2 is 1.57 bits per heavy atom. The van der Waals surface area contributed by atoms with E-state index >= 15 is 0 Å². The molecule has 0 saturated carbocycles. The number of amides is 1. The Hall–Kier alpha value is -1.10. The van der Waals surface area contributed by atoms with Crippen LogP contribution in [-0.2, 0) is 14.3 Å². The lowest BCUT2D eigenvalue weighted by molar-refractivity contribution is -0.150. The summed E-state index contributed by atoms with van der Waals surface area (Å²) in [5, 5.41) is 11.9. The van der Waals surface area contributed by atoms with Crippen molar-refractivity contribution in [2.45, 2.75) is 104 Å². The quantitative estimate of drug-likeness (QED) is 0.532. The highest BCUT2D eigenvalue weighted by molar-refractivity contribution is 5.83. The van der Waals surface area contributed by atoms with Gasteiger partial charge < -0.3 is 15.2 Å². The number of carbonyl (C=O) groups excluding carboxylic acids is 1. The van der Waals surface area contributed by atoms with Crippen LogP contribution in [0.3, 0.4) is 0 Å². The molecule has 0 saturated heterocycles. The van der Waals surface area contributed by atoms with E-state index in [9.17, 15) is 14.7 Å². The highest BCUT2D eigenvalue weighted by Gasteiger charge is 2.30. The third-order valence-corrected chi connectivity index (χ3v) is 3.60. The molecule has 0 aliphatic heterocycles. The Morgan fingerprint density at radius 3 is 2.04 bits per heavy atom. The van der Waals surface area contributed by atoms with E-state index in [1.807, 2.05) is 20.8 Å². The molecule has 1 amide bonds. The van der Waals surface area contributed by atoms with Crippen molar-refractivity contribution >= 4 is 11.9 Å². The Balaban J connectivity index is 4.09. The van der Waals surface area contributed by atoms with Crippen LogP contribution < -0.4 is 5.32 Å². The van der Waals surface area contributed by atoms with Crippen molar-refractivity contribution in [3.63, 3.8) is 0 Å². The molecule has 2 unspecified atom stereocenters. The van der Waals surface area contributed by atoms with E-state index in [0.717, 1.165) is 19.3 Å². The molecule has 136 valence electrons. The molecule has 0 aliphatic carbocycles. The van der Waals surface area contributed by atoms with E-state index in [4.69, 9.17) is 4.74 Å².